The molecule has 2 N–H and O–H groups in total. The molecule has 0 saturated heterocycles. The summed E-state index contributed by atoms with van der Waals surface area (Å²) in [6, 6.07) is 9.83. The van der Waals surface area contributed by atoms with Crippen molar-refractivity contribution in [2.24, 2.45) is 5.16 Å². The number of benzene rings is 1. The Hall–Kier alpha value is -2.74. The molecule has 0 unspecified atom stereocenters. The van der Waals surface area contributed by atoms with Gasteiger partial charge in [-0.05, 0) is 12.0 Å². The average Bonchev–Trinajstić information content (AvgIpc) is 3.02. The van der Waals surface area contributed by atoms with Gasteiger partial charge >= 0.3 is 0 Å². The SMILES string of the molecule is CO/N=C(/C(=O)NCCc1ccccc1)c1csc(NC=O)n1. The number of carbonyl (C=O) groups is 2. The Morgan fingerprint density at radius 2 is 2.17 bits per heavy atom. The van der Waals surface area contributed by atoms with Crippen LogP contribution in [0.15, 0.2) is 40.9 Å². The van der Waals surface area contributed by atoms with Gasteiger partial charge in [0.2, 0.25) is 6.41 Å². The monoisotopic (exact) mass is 332 g/mol. The summed E-state index contributed by atoms with van der Waals surface area (Å²) in [5.74, 6) is -0.384. The number of amides is 2. The smallest absolute Gasteiger partial charge is 0.275 e. The summed E-state index contributed by atoms with van der Waals surface area (Å²) in [7, 11) is 1.36. The van der Waals surface area contributed by atoms with Gasteiger partial charge in [0.15, 0.2) is 10.8 Å². The Balaban J connectivity index is 1.98. The summed E-state index contributed by atoms with van der Waals surface area (Å²) in [6.45, 7) is 0.467. The van der Waals surface area contributed by atoms with Crippen molar-refractivity contribution in [3.05, 3.63) is 47.0 Å². The third-order valence-corrected chi connectivity index (χ3v) is 3.64. The molecule has 0 spiro atoms. The zero-order chi connectivity index (χ0) is 16.5. The van der Waals surface area contributed by atoms with E-state index in [1.54, 1.807) is 5.38 Å². The zero-order valence-corrected chi connectivity index (χ0v) is 13.3. The number of anilines is 1. The Morgan fingerprint density at radius 1 is 1.39 bits per heavy atom. The van der Waals surface area contributed by atoms with Crippen LogP contribution < -0.4 is 10.6 Å². The number of carbonyl (C=O) groups excluding carboxylic acids is 2. The van der Waals surface area contributed by atoms with E-state index in [2.05, 4.69) is 20.8 Å². The van der Waals surface area contributed by atoms with Gasteiger partial charge in [0.1, 0.15) is 12.8 Å². The third kappa shape index (κ3) is 4.89. The number of nitrogens with zero attached hydrogens (tertiary/aromatic N) is 2. The highest BCUT2D eigenvalue weighted by atomic mass is 32.1. The number of rotatable bonds is 8. The lowest BCUT2D eigenvalue weighted by Crippen LogP contribution is -2.33. The van der Waals surface area contributed by atoms with Gasteiger partial charge in [-0.1, -0.05) is 35.5 Å². The van der Waals surface area contributed by atoms with E-state index in [0.717, 1.165) is 5.56 Å². The van der Waals surface area contributed by atoms with Crippen molar-refractivity contribution >= 4 is 34.5 Å². The fourth-order valence-electron chi connectivity index (χ4n) is 1.84. The van der Waals surface area contributed by atoms with Gasteiger partial charge in [-0.15, -0.1) is 11.3 Å². The van der Waals surface area contributed by atoms with E-state index in [1.165, 1.54) is 18.4 Å². The normalized spacial score (nSPS) is 10.9. The van der Waals surface area contributed by atoms with Crippen LogP contribution in [-0.4, -0.2) is 36.7 Å². The quantitative estimate of drug-likeness (QED) is 0.434. The summed E-state index contributed by atoms with van der Waals surface area (Å²) in [4.78, 5) is 31.5. The lowest BCUT2D eigenvalue weighted by molar-refractivity contribution is -0.114. The lowest BCUT2D eigenvalue weighted by atomic mass is 10.1. The number of oxime groups is 1. The van der Waals surface area contributed by atoms with Crippen LogP contribution >= 0.6 is 11.3 Å². The van der Waals surface area contributed by atoms with Gasteiger partial charge in [-0.3, -0.25) is 9.59 Å². The zero-order valence-electron chi connectivity index (χ0n) is 12.5. The van der Waals surface area contributed by atoms with Crippen LogP contribution in [0.1, 0.15) is 11.3 Å². The van der Waals surface area contributed by atoms with Crippen molar-refractivity contribution < 1.29 is 14.4 Å². The highest BCUT2D eigenvalue weighted by molar-refractivity contribution is 7.14. The van der Waals surface area contributed by atoms with E-state index in [9.17, 15) is 9.59 Å². The van der Waals surface area contributed by atoms with Gasteiger partial charge < -0.3 is 15.5 Å². The highest BCUT2D eigenvalue weighted by Gasteiger charge is 2.18. The fourth-order valence-corrected chi connectivity index (χ4v) is 2.50. The first-order valence-corrected chi connectivity index (χ1v) is 7.72. The van der Waals surface area contributed by atoms with Gasteiger partial charge in [0, 0.05) is 11.9 Å². The first kappa shape index (κ1) is 16.6. The maximum Gasteiger partial charge on any atom is 0.275 e. The minimum Gasteiger partial charge on any atom is -0.398 e. The molecule has 0 radical (unpaired) electrons. The molecule has 120 valence electrons. The molecule has 0 aliphatic heterocycles. The molecule has 0 bridgehead atoms. The molecule has 0 saturated carbocycles. The molecule has 0 aliphatic carbocycles. The van der Waals surface area contributed by atoms with Crippen LogP contribution in [0.5, 0.6) is 0 Å². The average molecular weight is 332 g/mol. The lowest BCUT2D eigenvalue weighted by Gasteiger charge is -2.06. The molecule has 2 aromatic rings. The van der Waals surface area contributed by atoms with Gasteiger partial charge in [0.25, 0.3) is 5.91 Å². The molecule has 1 heterocycles. The first-order valence-electron chi connectivity index (χ1n) is 6.84. The van der Waals surface area contributed by atoms with Crippen molar-refractivity contribution in [3.63, 3.8) is 0 Å². The Kier molecular flexibility index (Phi) is 6.25. The summed E-state index contributed by atoms with van der Waals surface area (Å²) in [5.41, 5.74) is 1.54. The van der Waals surface area contributed by atoms with Crippen LogP contribution in [0.4, 0.5) is 5.13 Å². The highest BCUT2D eigenvalue weighted by Crippen LogP contribution is 2.15. The molecule has 23 heavy (non-hydrogen) atoms. The fraction of sp³-hybridized carbons (Fsp3) is 0.200. The summed E-state index contributed by atoms with van der Waals surface area (Å²) in [5, 5.41) is 10.9. The van der Waals surface area contributed by atoms with E-state index in [1.807, 2.05) is 30.3 Å². The number of aromatic nitrogens is 1. The topological polar surface area (TPSA) is 92.7 Å². The summed E-state index contributed by atoms with van der Waals surface area (Å²) < 4.78 is 0. The van der Waals surface area contributed by atoms with E-state index in [0.29, 0.717) is 30.2 Å². The minimum absolute atomic E-state index is 0.0655. The molecular formula is C15H16N4O3S. The van der Waals surface area contributed by atoms with Crippen molar-refractivity contribution in [2.45, 2.75) is 6.42 Å². The summed E-state index contributed by atoms with van der Waals surface area (Å²) >= 11 is 1.20. The van der Waals surface area contributed by atoms with Crippen LogP contribution in [0.2, 0.25) is 0 Å². The molecule has 2 rings (SSSR count). The Labute approximate surface area is 137 Å². The van der Waals surface area contributed by atoms with E-state index < -0.39 is 0 Å². The molecule has 0 fully saturated rings. The van der Waals surface area contributed by atoms with Crippen LogP contribution in [0.3, 0.4) is 0 Å². The Morgan fingerprint density at radius 3 is 2.87 bits per heavy atom. The van der Waals surface area contributed by atoms with E-state index in [-0.39, 0.29) is 11.6 Å². The molecular weight excluding hydrogens is 316 g/mol. The largest absolute Gasteiger partial charge is 0.398 e. The second kappa shape index (κ2) is 8.64. The standard InChI is InChI=1S/C15H16N4O3S/c1-22-19-13(12-9-23-15(18-12)17-10-20)14(21)16-8-7-11-5-3-2-4-6-11/h2-6,9-10H,7-8H2,1H3,(H,16,21)(H,17,18,20)/b19-13+. The molecule has 1 aromatic carbocycles. The second-order valence-electron chi connectivity index (χ2n) is 4.41. The Bertz CT molecular complexity index is 685. The summed E-state index contributed by atoms with van der Waals surface area (Å²) in [6.07, 6.45) is 1.23. The van der Waals surface area contributed by atoms with Crippen LogP contribution in [-0.2, 0) is 20.8 Å². The third-order valence-electron chi connectivity index (χ3n) is 2.87. The van der Waals surface area contributed by atoms with Crippen molar-refractivity contribution in [3.8, 4) is 0 Å². The predicted octanol–water partition coefficient (Wildman–Crippen LogP) is 1.42. The van der Waals surface area contributed by atoms with Crippen molar-refractivity contribution in [2.75, 3.05) is 19.0 Å². The van der Waals surface area contributed by atoms with Crippen molar-refractivity contribution in [1.29, 1.82) is 0 Å². The molecule has 7 nitrogen and oxygen atoms in total. The maximum absolute atomic E-state index is 12.2. The van der Waals surface area contributed by atoms with Gasteiger partial charge in [0.05, 0.1) is 0 Å². The molecule has 0 atom stereocenters. The van der Waals surface area contributed by atoms with Gasteiger partial charge in [-0.25, -0.2) is 4.98 Å². The van der Waals surface area contributed by atoms with Crippen molar-refractivity contribution in [1.82, 2.24) is 10.3 Å². The van der Waals surface area contributed by atoms with Crippen LogP contribution in [0, 0.1) is 0 Å². The maximum atomic E-state index is 12.2. The first-order chi connectivity index (χ1) is 11.2. The second-order valence-corrected chi connectivity index (χ2v) is 5.27. The predicted molar refractivity (Wildman–Crippen MR) is 88.5 cm³/mol. The number of hydrogen-bond acceptors (Lipinski definition) is 6. The van der Waals surface area contributed by atoms with E-state index in [4.69, 9.17) is 4.84 Å². The molecule has 1 aromatic heterocycles. The van der Waals surface area contributed by atoms with Gasteiger partial charge in [-0.2, -0.15) is 0 Å². The number of nitrogens with one attached hydrogen (secondary N) is 2. The van der Waals surface area contributed by atoms with E-state index >= 15 is 0 Å². The number of thiazole rings is 1. The molecule has 2 amide bonds. The van der Waals surface area contributed by atoms with Crippen LogP contribution in [0.25, 0.3) is 0 Å². The number of hydrogen-bond donors (Lipinski definition) is 2. The minimum atomic E-state index is -0.384. The molecule has 8 heteroatoms. The molecule has 0 aliphatic rings.